The minimum Gasteiger partial charge on any atom is -0.459 e. The van der Waals surface area contributed by atoms with Crippen LogP contribution in [0, 0.1) is 18.8 Å². The molecule has 0 unspecified atom stereocenters. The van der Waals surface area contributed by atoms with Gasteiger partial charge in [-0.3, -0.25) is 14.6 Å². The zero-order chi connectivity index (χ0) is 23.8. The molecule has 0 aliphatic rings. The molecule has 2 N–H and O–H groups in total. The summed E-state index contributed by atoms with van der Waals surface area (Å²) in [5, 5.41) is 11.7. The molecule has 3 rings (SSSR count). The van der Waals surface area contributed by atoms with E-state index >= 15 is 0 Å². The maximum atomic E-state index is 12.4. The zero-order valence-corrected chi connectivity index (χ0v) is 20.5. The van der Waals surface area contributed by atoms with E-state index in [9.17, 15) is 13.8 Å². The Morgan fingerprint density at radius 1 is 1.18 bits per heavy atom. The monoisotopic (exact) mass is 499 g/mol. The molecule has 0 aliphatic carbocycles. The van der Waals surface area contributed by atoms with Gasteiger partial charge in [0.15, 0.2) is 5.76 Å². The van der Waals surface area contributed by atoms with Crippen LogP contribution in [0.25, 0.3) is 0 Å². The first-order valence-corrected chi connectivity index (χ1v) is 12.1. The van der Waals surface area contributed by atoms with Gasteiger partial charge in [0.2, 0.25) is 0 Å². The molecule has 0 saturated carbocycles. The lowest BCUT2D eigenvalue weighted by Crippen LogP contribution is -2.12. The quantitative estimate of drug-likeness (QED) is 0.502. The average molecular weight is 500 g/mol. The number of amides is 2. The third-order valence-corrected chi connectivity index (χ3v) is 6.08. The third-order valence-electron chi connectivity index (χ3n) is 4.48. The highest BCUT2D eigenvalue weighted by Crippen LogP contribution is 2.15. The van der Waals surface area contributed by atoms with Crippen LogP contribution < -0.4 is 5.32 Å². The third kappa shape index (κ3) is 7.59. The van der Waals surface area contributed by atoms with E-state index in [1.54, 1.807) is 37.3 Å². The molecule has 3 aromatic rings. The zero-order valence-electron chi connectivity index (χ0n) is 18.7. The molecule has 2 amide bonds. The summed E-state index contributed by atoms with van der Waals surface area (Å²) in [4.78, 5) is 28.7. The molecule has 0 bridgehead atoms. The molecule has 0 fully saturated rings. The standard InChI is InChI=1S/C24H23N3O5S.H2S/c1-17-9-11-32-22(17)24(30)26-21-6-3-5-18(14-21)7-8-19-13-20(16-25-15-19)23(29)27-33(2,31)12-4-10-28;/h3,5-6,9,11,13-16,28H,4,10,12H2,1-2H3,(H,26,30);1H2/t33-;/m0./s1. The Kier molecular flexibility index (Phi) is 9.62. The molecule has 0 saturated heterocycles. The molecule has 0 aliphatic heterocycles. The molecule has 2 heterocycles. The van der Waals surface area contributed by atoms with Gasteiger partial charge in [0.25, 0.3) is 11.8 Å². The van der Waals surface area contributed by atoms with Gasteiger partial charge in [-0.2, -0.15) is 17.9 Å². The van der Waals surface area contributed by atoms with E-state index in [0.29, 0.717) is 23.2 Å². The normalized spacial score (nSPS) is 11.9. The lowest BCUT2D eigenvalue weighted by Gasteiger charge is -2.04. The molecule has 0 radical (unpaired) electrons. The number of carbonyl (C=O) groups excluding carboxylic acids is 2. The number of hydrogen-bond acceptors (Lipinski definition) is 6. The first kappa shape index (κ1) is 26.9. The predicted octanol–water partition coefficient (Wildman–Crippen LogP) is 3.37. The number of hydrogen-bond donors (Lipinski definition) is 2. The topological polar surface area (TPSA) is 122 Å². The lowest BCUT2D eigenvalue weighted by atomic mass is 10.1. The van der Waals surface area contributed by atoms with Crippen LogP contribution in [0.4, 0.5) is 5.69 Å². The fourth-order valence-electron chi connectivity index (χ4n) is 2.84. The number of benzene rings is 1. The first-order chi connectivity index (χ1) is 15.8. The van der Waals surface area contributed by atoms with E-state index < -0.39 is 15.6 Å². The van der Waals surface area contributed by atoms with Crippen LogP contribution >= 0.6 is 13.5 Å². The maximum absolute atomic E-state index is 12.4. The number of aryl methyl sites for hydroxylation is 1. The van der Waals surface area contributed by atoms with Crippen molar-refractivity contribution in [3.8, 4) is 11.8 Å². The highest BCUT2D eigenvalue weighted by Gasteiger charge is 2.13. The molecular formula is C24H25N3O5S2. The van der Waals surface area contributed by atoms with Crippen molar-refractivity contribution in [1.29, 1.82) is 0 Å². The summed E-state index contributed by atoms with van der Waals surface area (Å²) in [6.45, 7) is 1.67. The number of nitrogens with one attached hydrogen (secondary N) is 1. The largest absolute Gasteiger partial charge is 0.459 e. The predicted molar refractivity (Wildman–Crippen MR) is 136 cm³/mol. The maximum Gasteiger partial charge on any atom is 0.291 e. The highest BCUT2D eigenvalue weighted by atomic mass is 32.2. The van der Waals surface area contributed by atoms with Gasteiger partial charge < -0.3 is 14.8 Å². The Bertz CT molecular complexity index is 1360. The van der Waals surface area contributed by atoms with Crippen LogP contribution in [0.15, 0.2) is 63.8 Å². The smallest absolute Gasteiger partial charge is 0.291 e. The van der Waals surface area contributed by atoms with Gasteiger partial charge in [-0.15, -0.1) is 0 Å². The van der Waals surface area contributed by atoms with E-state index in [0.717, 1.165) is 5.56 Å². The summed E-state index contributed by atoms with van der Waals surface area (Å²) in [5.41, 5.74) is 2.60. The SMILES string of the molecule is Cc1ccoc1C(=O)Nc1cccc(C#Cc2cncc(C(=O)N=[S@@](C)(=O)CCCO)c2)c1.S. The van der Waals surface area contributed by atoms with Gasteiger partial charge in [-0.25, -0.2) is 4.21 Å². The minimum atomic E-state index is -2.73. The number of aromatic nitrogens is 1. The number of furan rings is 1. The summed E-state index contributed by atoms with van der Waals surface area (Å²) in [5.74, 6) is 5.28. The van der Waals surface area contributed by atoms with Crippen molar-refractivity contribution in [2.75, 3.05) is 23.9 Å². The summed E-state index contributed by atoms with van der Waals surface area (Å²) >= 11 is 0. The van der Waals surface area contributed by atoms with Crippen LogP contribution in [0.3, 0.4) is 0 Å². The fraction of sp³-hybridized carbons (Fsp3) is 0.208. The molecule has 1 atom stereocenters. The van der Waals surface area contributed by atoms with Gasteiger partial charge in [-0.1, -0.05) is 17.9 Å². The molecule has 2 aromatic heterocycles. The van der Waals surface area contributed by atoms with Crippen LogP contribution in [-0.4, -0.2) is 44.7 Å². The molecule has 8 nitrogen and oxygen atoms in total. The van der Waals surface area contributed by atoms with Gasteiger partial charge >= 0.3 is 0 Å². The second-order valence-electron chi connectivity index (χ2n) is 7.32. The van der Waals surface area contributed by atoms with Crippen molar-refractivity contribution >= 4 is 40.7 Å². The summed E-state index contributed by atoms with van der Waals surface area (Å²) in [7, 11) is -2.73. The van der Waals surface area contributed by atoms with E-state index in [2.05, 4.69) is 26.5 Å². The fourth-order valence-corrected chi connectivity index (χ4v) is 4.06. The van der Waals surface area contributed by atoms with Crippen LogP contribution in [-0.2, 0) is 9.73 Å². The number of nitrogens with zero attached hydrogens (tertiary/aromatic N) is 2. The van der Waals surface area contributed by atoms with Gasteiger partial charge in [-0.05, 0) is 43.7 Å². The van der Waals surface area contributed by atoms with Crippen molar-refractivity contribution in [2.24, 2.45) is 4.36 Å². The van der Waals surface area contributed by atoms with Gasteiger partial charge in [0.05, 0.1) is 21.6 Å². The number of pyridine rings is 1. The minimum absolute atomic E-state index is 0. The number of aliphatic hydroxyl groups is 1. The van der Waals surface area contributed by atoms with Crippen molar-refractivity contribution in [2.45, 2.75) is 13.3 Å². The molecule has 0 spiro atoms. The summed E-state index contributed by atoms with van der Waals surface area (Å²) in [6.07, 6.45) is 5.99. The van der Waals surface area contributed by atoms with Crippen molar-refractivity contribution < 1.29 is 23.3 Å². The molecule has 10 heteroatoms. The van der Waals surface area contributed by atoms with Gasteiger partial charge in [0.1, 0.15) is 0 Å². The second-order valence-corrected chi connectivity index (χ2v) is 9.83. The number of carbonyl (C=O) groups is 2. The van der Waals surface area contributed by atoms with Crippen molar-refractivity contribution in [1.82, 2.24) is 4.98 Å². The first-order valence-electron chi connectivity index (χ1n) is 10.0. The summed E-state index contributed by atoms with van der Waals surface area (Å²) < 4.78 is 21.3. The summed E-state index contributed by atoms with van der Waals surface area (Å²) in [6, 6.07) is 10.2. The van der Waals surface area contributed by atoms with E-state index in [1.165, 1.54) is 31.0 Å². The molecular weight excluding hydrogens is 474 g/mol. The van der Waals surface area contributed by atoms with Gasteiger partial charge in [0, 0.05) is 53.4 Å². The van der Waals surface area contributed by atoms with Crippen molar-refractivity contribution in [3.05, 3.63) is 83.1 Å². The Morgan fingerprint density at radius 2 is 1.94 bits per heavy atom. The number of anilines is 1. The molecule has 178 valence electrons. The van der Waals surface area contributed by atoms with Crippen LogP contribution in [0.5, 0.6) is 0 Å². The van der Waals surface area contributed by atoms with Crippen LogP contribution in [0.1, 0.15) is 44.0 Å². The van der Waals surface area contributed by atoms with Crippen molar-refractivity contribution in [3.63, 3.8) is 0 Å². The lowest BCUT2D eigenvalue weighted by molar-refractivity contribution is 0.0991. The number of rotatable bonds is 6. The van der Waals surface area contributed by atoms with E-state index in [4.69, 9.17) is 9.52 Å². The second kappa shape index (κ2) is 12.2. The van der Waals surface area contributed by atoms with Crippen LogP contribution in [0.2, 0.25) is 0 Å². The Labute approximate surface area is 205 Å². The molecule has 1 aromatic carbocycles. The average Bonchev–Trinajstić information content (AvgIpc) is 3.22. The Morgan fingerprint density at radius 3 is 2.65 bits per heavy atom. The van der Waals surface area contributed by atoms with E-state index in [-0.39, 0.29) is 43.1 Å². The Hall–Kier alpha value is -3.39. The molecule has 34 heavy (non-hydrogen) atoms. The van der Waals surface area contributed by atoms with E-state index in [1.807, 2.05) is 0 Å². The highest BCUT2D eigenvalue weighted by molar-refractivity contribution is 7.93. The number of aliphatic hydroxyl groups excluding tert-OH is 1. The Balaban J connectivity index is 0.00000408.